The molecule has 7 heteroatoms. The van der Waals surface area contributed by atoms with E-state index in [0.717, 1.165) is 21.6 Å². The van der Waals surface area contributed by atoms with Gasteiger partial charge in [0.15, 0.2) is 9.84 Å². The Hall–Kier alpha value is -2.38. The lowest BCUT2D eigenvalue weighted by atomic mass is 10.1. The first kappa shape index (κ1) is 18.4. The first-order chi connectivity index (χ1) is 12.4. The van der Waals surface area contributed by atoms with Crippen molar-refractivity contribution in [3.05, 3.63) is 64.7 Å². The molecule has 0 fully saturated rings. The van der Waals surface area contributed by atoms with Gasteiger partial charge in [0.05, 0.1) is 24.0 Å². The molecule has 3 rings (SSSR count). The molecule has 0 aliphatic carbocycles. The molecule has 3 aromatic rings. The molecule has 0 atom stereocenters. The lowest BCUT2D eigenvalue weighted by molar-refractivity contribution is -0.121. The van der Waals surface area contributed by atoms with Gasteiger partial charge in [-0.05, 0) is 47.2 Å². The highest BCUT2D eigenvalue weighted by Crippen LogP contribution is 2.25. The number of nitrogens with one attached hydrogen (secondary N) is 1. The summed E-state index contributed by atoms with van der Waals surface area (Å²) in [4.78, 5) is 13.4. The van der Waals surface area contributed by atoms with E-state index in [2.05, 4.69) is 5.32 Å². The molecule has 136 valence electrons. The van der Waals surface area contributed by atoms with Crippen LogP contribution in [0.15, 0.2) is 63.6 Å². The van der Waals surface area contributed by atoms with E-state index in [0.29, 0.717) is 19.4 Å². The Morgan fingerprint density at radius 1 is 1.15 bits per heavy atom. The molecule has 0 spiro atoms. The molecule has 0 radical (unpaired) electrons. The second-order valence-electron chi connectivity index (χ2n) is 6.01. The van der Waals surface area contributed by atoms with Crippen molar-refractivity contribution < 1.29 is 17.6 Å². The molecular weight excluding hydrogens is 370 g/mol. The number of amides is 1. The van der Waals surface area contributed by atoms with E-state index in [1.807, 2.05) is 17.5 Å². The smallest absolute Gasteiger partial charge is 0.220 e. The van der Waals surface area contributed by atoms with Crippen molar-refractivity contribution in [3.8, 4) is 11.1 Å². The highest BCUT2D eigenvalue weighted by atomic mass is 32.2. The predicted octanol–water partition coefficient (Wildman–Crippen LogP) is 3.66. The molecule has 0 unspecified atom stereocenters. The minimum atomic E-state index is -3.19. The van der Waals surface area contributed by atoms with Gasteiger partial charge in [0.25, 0.3) is 0 Å². The van der Waals surface area contributed by atoms with Crippen LogP contribution in [-0.2, 0) is 27.6 Å². The number of aryl methyl sites for hydroxylation is 1. The topological polar surface area (TPSA) is 76.4 Å². The Morgan fingerprint density at radius 2 is 1.92 bits per heavy atom. The molecule has 26 heavy (non-hydrogen) atoms. The van der Waals surface area contributed by atoms with Crippen LogP contribution in [0.1, 0.15) is 16.9 Å². The highest BCUT2D eigenvalue weighted by molar-refractivity contribution is 7.90. The van der Waals surface area contributed by atoms with Crippen molar-refractivity contribution in [2.75, 3.05) is 6.26 Å². The zero-order valence-electron chi connectivity index (χ0n) is 14.3. The zero-order chi connectivity index (χ0) is 18.6. The summed E-state index contributed by atoms with van der Waals surface area (Å²) in [6, 6.07) is 10.6. The minimum absolute atomic E-state index is 0.0320. The number of carbonyl (C=O) groups excluding carboxylic acids is 1. The quantitative estimate of drug-likeness (QED) is 0.669. The SMILES string of the molecule is CS(=O)(=O)c1ccc(CCC(=O)NCc2cc(-c3ccoc3)cs2)cc1. The average Bonchev–Trinajstić information content (AvgIpc) is 3.29. The van der Waals surface area contributed by atoms with Crippen LogP contribution in [-0.4, -0.2) is 20.6 Å². The van der Waals surface area contributed by atoms with Crippen molar-refractivity contribution in [3.63, 3.8) is 0 Å². The van der Waals surface area contributed by atoms with Crippen LogP contribution >= 0.6 is 11.3 Å². The first-order valence-electron chi connectivity index (χ1n) is 8.07. The van der Waals surface area contributed by atoms with Crippen LogP contribution in [0.4, 0.5) is 0 Å². The predicted molar refractivity (Wildman–Crippen MR) is 102 cm³/mol. The van der Waals surface area contributed by atoms with Crippen LogP contribution in [0.2, 0.25) is 0 Å². The molecule has 1 N–H and O–H groups in total. The van der Waals surface area contributed by atoms with E-state index in [-0.39, 0.29) is 10.8 Å². The zero-order valence-corrected chi connectivity index (χ0v) is 15.9. The van der Waals surface area contributed by atoms with E-state index >= 15 is 0 Å². The van der Waals surface area contributed by atoms with Gasteiger partial charge in [-0.2, -0.15) is 0 Å². The average molecular weight is 389 g/mol. The normalized spacial score (nSPS) is 11.4. The summed E-state index contributed by atoms with van der Waals surface area (Å²) in [5, 5.41) is 4.95. The molecule has 2 heterocycles. The Balaban J connectivity index is 1.47. The summed E-state index contributed by atoms with van der Waals surface area (Å²) in [5.74, 6) is -0.0320. The van der Waals surface area contributed by atoms with Gasteiger partial charge < -0.3 is 9.73 Å². The first-order valence-corrected chi connectivity index (χ1v) is 10.8. The molecule has 1 amide bonds. The Kier molecular flexibility index (Phi) is 5.58. The summed E-state index contributed by atoms with van der Waals surface area (Å²) in [7, 11) is -3.19. The molecule has 0 bridgehead atoms. The summed E-state index contributed by atoms with van der Waals surface area (Å²) in [6.07, 6.45) is 5.44. The van der Waals surface area contributed by atoms with E-state index in [4.69, 9.17) is 4.42 Å². The second kappa shape index (κ2) is 7.88. The van der Waals surface area contributed by atoms with Crippen molar-refractivity contribution in [2.24, 2.45) is 0 Å². The van der Waals surface area contributed by atoms with Crippen LogP contribution in [0.3, 0.4) is 0 Å². The standard InChI is InChI=1S/C19H19NO4S2/c1-26(22,23)18-5-2-14(3-6-18)4-7-19(21)20-11-17-10-16(13-25-17)15-8-9-24-12-15/h2-3,5-6,8-10,12-13H,4,7,11H2,1H3,(H,20,21). The van der Waals surface area contributed by atoms with Crippen LogP contribution in [0.25, 0.3) is 11.1 Å². The molecule has 1 aromatic carbocycles. The number of benzene rings is 1. The van der Waals surface area contributed by atoms with Crippen molar-refractivity contribution >= 4 is 27.1 Å². The van der Waals surface area contributed by atoms with Gasteiger partial charge in [0.2, 0.25) is 5.91 Å². The Morgan fingerprint density at radius 3 is 2.58 bits per heavy atom. The summed E-state index contributed by atoms with van der Waals surface area (Å²) < 4.78 is 28.0. The van der Waals surface area contributed by atoms with Gasteiger partial charge >= 0.3 is 0 Å². The van der Waals surface area contributed by atoms with Gasteiger partial charge in [0.1, 0.15) is 0 Å². The molecular formula is C19H19NO4S2. The maximum atomic E-state index is 12.0. The molecule has 0 aliphatic heterocycles. The summed E-state index contributed by atoms with van der Waals surface area (Å²) >= 11 is 1.59. The van der Waals surface area contributed by atoms with Crippen molar-refractivity contribution in [2.45, 2.75) is 24.3 Å². The van der Waals surface area contributed by atoms with Gasteiger partial charge in [-0.25, -0.2) is 8.42 Å². The lowest BCUT2D eigenvalue weighted by Gasteiger charge is -2.05. The summed E-state index contributed by atoms with van der Waals surface area (Å²) in [5.41, 5.74) is 3.04. The second-order valence-corrected chi connectivity index (χ2v) is 9.02. The number of rotatable bonds is 7. The number of sulfone groups is 1. The monoisotopic (exact) mass is 389 g/mol. The van der Waals surface area contributed by atoms with Gasteiger partial charge in [0, 0.05) is 23.1 Å². The third-order valence-electron chi connectivity index (χ3n) is 3.96. The van der Waals surface area contributed by atoms with Crippen LogP contribution < -0.4 is 5.32 Å². The number of hydrogen-bond donors (Lipinski definition) is 1. The molecule has 5 nitrogen and oxygen atoms in total. The number of hydrogen-bond acceptors (Lipinski definition) is 5. The Bertz CT molecular complexity index is 971. The third-order valence-corrected chi connectivity index (χ3v) is 6.03. The van der Waals surface area contributed by atoms with Crippen LogP contribution in [0, 0.1) is 0 Å². The molecule has 0 aliphatic rings. The maximum Gasteiger partial charge on any atom is 0.220 e. The fourth-order valence-electron chi connectivity index (χ4n) is 2.49. The van der Waals surface area contributed by atoms with Gasteiger partial charge in [-0.1, -0.05) is 12.1 Å². The van der Waals surface area contributed by atoms with E-state index < -0.39 is 9.84 Å². The van der Waals surface area contributed by atoms with Gasteiger partial charge in [-0.15, -0.1) is 11.3 Å². The van der Waals surface area contributed by atoms with E-state index in [1.165, 1.54) is 6.26 Å². The fourth-order valence-corrected chi connectivity index (χ4v) is 3.95. The summed E-state index contributed by atoms with van der Waals surface area (Å²) in [6.45, 7) is 0.494. The van der Waals surface area contributed by atoms with E-state index in [1.54, 1.807) is 48.1 Å². The Labute approximate surface area is 156 Å². The molecule has 0 saturated heterocycles. The lowest BCUT2D eigenvalue weighted by Crippen LogP contribution is -2.22. The fraction of sp³-hybridized carbons (Fsp3) is 0.211. The maximum absolute atomic E-state index is 12.0. The highest BCUT2D eigenvalue weighted by Gasteiger charge is 2.08. The molecule has 0 saturated carbocycles. The number of furan rings is 1. The number of thiophene rings is 1. The van der Waals surface area contributed by atoms with Crippen molar-refractivity contribution in [1.29, 1.82) is 0 Å². The third kappa shape index (κ3) is 4.83. The van der Waals surface area contributed by atoms with Crippen molar-refractivity contribution in [1.82, 2.24) is 5.32 Å². The van der Waals surface area contributed by atoms with Crippen LogP contribution in [0.5, 0.6) is 0 Å². The molecule has 2 aromatic heterocycles. The number of carbonyl (C=O) groups is 1. The van der Waals surface area contributed by atoms with E-state index in [9.17, 15) is 13.2 Å². The van der Waals surface area contributed by atoms with Gasteiger partial charge in [-0.3, -0.25) is 4.79 Å². The minimum Gasteiger partial charge on any atom is -0.472 e. The largest absolute Gasteiger partial charge is 0.472 e.